The van der Waals surface area contributed by atoms with Crippen molar-refractivity contribution in [3.05, 3.63) is 0 Å². The van der Waals surface area contributed by atoms with Gasteiger partial charge in [0.2, 0.25) is 5.91 Å². The second-order valence-corrected chi connectivity index (χ2v) is 6.01. The Balaban J connectivity index is 2.52. The quantitative estimate of drug-likeness (QED) is 0.793. The van der Waals surface area contributed by atoms with E-state index in [-0.39, 0.29) is 17.1 Å². The van der Waals surface area contributed by atoms with Gasteiger partial charge in [0, 0.05) is 5.25 Å². The van der Waals surface area contributed by atoms with Gasteiger partial charge in [0.15, 0.2) is 0 Å². The average molecular weight is 244 g/mol. The number of imide groups is 1. The highest BCUT2D eigenvalue weighted by Gasteiger charge is 2.28. The summed E-state index contributed by atoms with van der Waals surface area (Å²) in [6.45, 7) is 3.99. The standard InChI is InChI=1S/C11H20N2O2S/c1-7(2)9(10(14)13-11(12)15)16-8-5-3-4-6-8/h7-9H,3-6H2,1-2H3,(H3,12,13,14,15). The van der Waals surface area contributed by atoms with Crippen molar-refractivity contribution < 1.29 is 9.59 Å². The molecule has 16 heavy (non-hydrogen) atoms. The topological polar surface area (TPSA) is 72.2 Å². The molecular formula is C11H20N2O2S. The number of nitrogens with one attached hydrogen (secondary N) is 1. The zero-order valence-corrected chi connectivity index (χ0v) is 10.7. The van der Waals surface area contributed by atoms with Gasteiger partial charge in [0.05, 0.1) is 5.25 Å². The molecular weight excluding hydrogens is 224 g/mol. The van der Waals surface area contributed by atoms with Crippen molar-refractivity contribution in [2.24, 2.45) is 11.7 Å². The summed E-state index contributed by atoms with van der Waals surface area (Å²) in [6, 6.07) is -0.761. The van der Waals surface area contributed by atoms with Crippen molar-refractivity contribution in [2.45, 2.75) is 50.0 Å². The zero-order chi connectivity index (χ0) is 12.1. The van der Waals surface area contributed by atoms with E-state index in [1.165, 1.54) is 25.7 Å². The molecule has 0 spiro atoms. The number of hydrogen-bond donors (Lipinski definition) is 2. The van der Waals surface area contributed by atoms with Crippen LogP contribution in [0.25, 0.3) is 0 Å². The largest absolute Gasteiger partial charge is 0.351 e. The molecule has 0 aromatic heterocycles. The average Bonchev–Trinajstić information content (AvgIpc) is 2.64. The van der Waals surface area contributed by atoms with Crippen LogP contribution in [-0.2, 0) is 4.79 Å². The van der Waals surface area contributed by atoms with Gasteiger partial charge in [-0.15, -0.1) is 11.8 Å². The molecule has 0 saturated heterocycles. The molecule has 1 unspecified atom stereocenters. The monoisotopic (exact) mass is 244 g/mol. The minimum absolute atomic E-state index is 0.171. The van der Waals surface area contributed by atoms with Crippen molar-refractivity contribution in [2.75, 3.05) is 0 Å². The van der Waals surface area contributed by atoms with Gasteiger partial charge in [0.25, 0.3) is 0 Å². The summed E-state index contributed by atoms with van der Waals surface area (Å²) >= 11 is 1.69. The van der Waals surface area contributed by atoms with Gasteiger partial charge < -0.3 is 5.73 Å². The number of carbonyl (C=O) groups excluding carboxylic acids is 2. The highest BCUT2D eigenvalue weighted by Crippen LogP contribution is 2.34. The minimum Gasteiger partial charge on any atom is -0.351 e. The number of primary amides is 1. The summed E-state index contributed by atoms with van der Waals surface area (Å²) in [6.07, 6.45) is 4.86. The number of urea groups is 1. The third-order valence-corrected chi connectivity index (χ3v) is 4.66. The molecule has 1 saturated carbocycles. The second-order valence-electron chi connectivity index (χ2n) is 4.56. The molecule has 5 heteroatoms. The molecule has 0 aromatic carbocycles. The first kappa shape index (κ1) is 13.4. The van der Waals surface area contributed by atoms with Gasteiger partial charge in [-0.2, -0.15) is 0 Å². The maximum absolute atomic E-state index is 11.8. The molecule has 1 aliphatic rings. The SMILES string of the molecule is CC(C)C(SC1CCCC1)C(=O)NC(N)=O. The summed E-state index contributed by atoms with van der Waals surface area (Å²) < 4.78 is 0. The smallest absolute Gasteiger partial charge is 0.318 e. The lowest BCUT2D eigenvalue weighted by Crippen LogP contribution is -2.42. The normalized spacial score (nSPS) is 18.7. The van der Waals surface area contributed by atoms with E-state index in [9.17, 15) is 9.59 Å². The Morgan fingerprint density at radius 1 is 1.31 bits per heavy atom. The zero-order valence-electron chi connectivity index (χ0n) is 9.86. The van der Waals surface area contributed by atoms with E-state index < -0.39 is 6.03 Å². The second kappa shape index (κ2) is 6.13. The van der Waals surface area contributed by atoms with E-state index in [0.29, 0.717) is 5.25 Å². The third-order valence-electron chi connectivity index (χ3n) is 2.75. The van der Waals surface area contributed by atoms with E-state index in [0.717, 1.165) is 0 Å². The van der Waals surface area contributed by atoms with Gasteiger partial charge in [-0.3, -0.25) is 10.1 Å². The van der Waals surface area contributed by atoms with E-state index >= 15 is 0 Å². The fraction of sp³-hybridized carbons (Fsp3) is 0.818. The molecule has 0 heterocycles. The number of thioether (sulfide) groups is 1. The first-order valence-corrected chi connectivity index (χ1v) is 6.70. The van der Waals surface area contributed by atoms with Crippen molar-refractivity contribution in [1.29, 1.82) is 0 Å². The lowest BCUT2D eigenvalue weighted by Gasteiger charge is -2.22. The molecule has 3 amide bonds. The van der Waals surface area contributed by atoms with Crippen LogP contribution in [0.1, 0.15) is 39.5 Å². The number of carbonyl (C=O) groups is 2. The third kappa shape index (κ3) is 4.04. The number of hydrogen-bond acceptors (Lipinski definition) is 3. The van der Waals surface area contributed by atoms with Crippen LogP contribution >= 0.6 is 11.8 Å². The molecule has 1 fully saturated rings. The summed E-state index contributed by atoms with van der Waals surface area (Å²) in [5.41, 5.74) is 4.96. The predicted octanol–water partition coefficient (Wildman–Crippen LogP) is 1.88. The molecule has 0 aromatic rings. The van der Waals surface area contributed by atoms with Crippen LogP contribution in [-0.4, -0.2) is 22.4 Å². The molecule has 3 N–H and O–H groups in total. The maximum atomic E-state index is 11.8. The highest BCUT2D eigenvalue weighted by molar-refractivity contribution is 8.01. The molecule has 0 radical (unpaired) electrons. The first-order chi connectivity index (χ1) is 7.50. The Kier molecular flexibility index (Phi) is 5.12. The van der Waals surface area contributed by atoms with Crippen LogP contribution in [0.2, 0.25) is 0 Å². The molecule has 92 valence electrons. The van der Waals surface area contributed by atoms with E-state index in [2.05, 4.69) is 5.32 Å². The Labute approximate surface area is 101 Å². The Hall–Kier alpha value is -0.710. The molecule has 0 aliphatic heterocycles. The van der Waals surface area contributed by atoms with Crippen LogP contribution < -0.4 is 11.1 Å². The number of nitrogens with two attached hydrogens (primary N) is 1. The molecule has 1 aliphatic carbocycles. The van der Waals surface area contributed by atoms with Crippen LogP contribution in [0.4, 0.5) is 4.79 Å². The molecule has 4 nitrogen and oxygen atoms in total. The fourth-order valence-corrected chi connectivity index (χ4v) is 3.46. The van der Waals surface area contributed by atoms with Crippen molar-refractivity contribution in [3.8, 4) is 0 Å². The highest BCUT2D eigenvalue weighted by atomic mass is 32.2. The van der Waals surface area contributed by atoms with E-state index in [4.69, 9.17) is 5.73 Å². The lowest BCUT2D eigenvalue weighted by atomic mass is 10.1. The van der Waals surface area contributed by atoms with Crippen LogP contribution in [0, 0.1) is 5.92 Å². The minimum atomic E-state index is -0.761. The number of rotatable bonds is 4. The summed E-state index contributed by atoms with van der Waals surface area (Å²) in [5, 5.41) is 2.57. The lowest BCUT2D eigenvalue weighted by molar-refractivity contribution is -0.120. The van der Waals surface area contributed by atoms with Gasteiger partial charge >= 0.3 is 6.03 Å². The summed E-state index contributed by atoms with van der Waals surface area (Å²) in [7, 11) is 0. The number of amides is 3. The molecule has 1 rings (SSSR count). The van der Waals surface area contributed by atoms with E-state index in [1.807, 2.05) is 13.8 Å². The van der Waals surface area contributed by atoms with Crippen LogP contribution in [0.3, 0.4) is 0 Å². The fourth-order valence-electron chi connectivity index (χ4n) is 1.95. The maximum Gasteiger partial charge on any atom is 0.318 e. The van der Waals surface area contributed by atoms with Gasteiger partial charge in [-0.25, -0.2) is 4.79 Å². The van der Waals surface area contributed by atoms with Crippen molar-refractivity contribution in [3.63, 3.8) is 0 Å². The summed E-state index contributed by atoms with van der Waals surface area (Å²) in [5.74, 6) is -0.0376. The van der Waals surface area contributed by atoms with E-state index in [1.54, 1.807) is 11.8 Å². The van der Waals surface area contributed by atoms with Gasteiger partial charge in [0.1, 0.15) is 0 Å². The Bertz CT molecular complexity index is 263. The van der Waals surface area contributed by atoms with Crippen molar-refractivity contribution >= 4 is 23.7 Å². The van der Waals surface area contributed by atoms with Gasteiger partial charge in [-0.1, -0.05) is 26.7 Å². The molecule has 1 atom stereocenters. The van der Waals surface area contributed by atoms with Crippen LogP contribution in [0.15, 0.2) is 0 Å². The van der Waals surface area contributed by atoms with Crippen molar-refractivity contribution in [1.82, 2.24) is 5.32 Å². The molecule has 0 bridgehead atoms. The predicted molar refractivity (Wildman–Crippen MR) is 66.2 cm³/mol. The Morgan fingerprint density at radius 3 is 2.31 bits per heavy atom. The summed E-state index contributed by atoms with van der Waals surface area (Å²) in [4.78, 5) is 22.4. The van der Waals surface area contributed by atoms with Gasteiger partial charge in [-0.05, 0) is 18.8 Å². The van der Waals surface area contributed by atoms with Crippen LogP contribution in [0.5, 0.6) is 0 Å². The Morgan fingerprint density at radius 2 is 1.88 bits per heavy atom. The first-order valence-electron chi connectivity index (χ1n) is 5.76.